The minimum absolute atomic E-state index is 0.00940. The number of likely N-dealkylation sites (tertiary alicyclic amines) is 1. The summed E-state index contributed by atoms with van der Waals surface area (Å²) in [6.07, 6.45) is -1.63. The van der Waals surface area contributed by atoms with E-state index in [2.05, 4.69) is 4.74 Å². The number of hydrogen-bond acceptors (Lipinski definition) is 4. The van der Waals surface area contributed by atoms with E-state index in [1.165, 1.54) is 12.1 Å². The van der Waals surface area contributed by atoms with E-state index in [-0.39, 0.29) is 29.6 Å². The second kappa shape index (κ2) is 9.02. The van der Waals surface area contributed by atoms with Gasteiger partial charge in [-0.2, -0.15) is 0 Å². The lowest BCUT2D eigenvalue weighted by molar-refractivity contribution is -0.274. The molecule has 1 aromatic carbocycles. The quantitative estimate of drug-likeness (QED) is 0.759. The van der Waals surface area contributed by atoms with Crippen LogP contribution in [0.4, 0.5) is 13.2 Å². The summed E-state index contributed by atoms with van der Waals surface area (Å²) in [4.78, 5) is 28.7. The second-order valence-electron chi connectivity index (χ2n) is 7.39. The highest BCUT2D eigenvalue weighted by atomic mass is 19.4. The van der Waals surface area contributed by atoms with Crippen molar-refractivity contribution in [3.05, 3.63) is 29.8 Å². The third-order valence-electron chi connectivity index (χ3n) is 5.36. The molecule has 160 valence electrons. The van der Waals surface area contributed by atoms with Gasteiger partial charge in [-0.25, -0.2) is 0 Å². The summed E-state index contributed by atoms with van der Waals surface area (Å²) in [7, 11) is 0. The van der Waals surface area contributed by atoms with Crippen LogP contribution >= 0.6 is 0 Å². The van der Waals surface area contributed by atoms with Crippen LogP contribution in [0.25, 0.3) is 0 Å². The number of carbonyl (C=O) groups excluding carboxylic acids is 2. The molecule has 2 aliphatic heterocycles. The number of hydrogen-bond donors (Lipinski definition) is 0. The van der Waals surface area contributed by atoms with Gasteiger partial charge in [-0.1, -0.05) is 0 Å². The monoisotopic (exact) mass is 414 g/mol. The Morgan fingerprint density at radius 2 is 1.76 bits per heavy atom. The van der Waals surface area contributed by atoms with Crippen molar-refractivity contribution in [1.29, 1.82) is 0 Å². The van der Waals surface area contributed by atoms with Crippen molar-refractivity contribution in [2.45, 2.75) is 51.1 Å². The van der Waals surface area contributed by atoms with Crippen LogP contribution in [0.3, 0.4) is 0 Å². The average Bonchev–Trinajstić information content (AvgIpc) is 2.68. The lowest BCUT2D eigenvalue weighted by atomic mass is 9.98. The maximum Gasteiger partial charge on any atom is 0.573 e. The van der Waals surface area contributed by atoms with Crippen molar-refractivity contribution in [2.24, 2.45) is 0 Å². The van der Waals surface area contributed by atoms with E-state index in [1.54, 1.807) is 11.8 Å². The first kappa shape index (κ1) is 21.4. The van der Waals surface area contributed by atoms with Crippen LogP contribution in [0.1, 0.15) is 43.0 Å². The number of ether oxygens (including phenoxy) is 2. The minimum atomic E-state index is -4.77. The fourth-order valence-corrected chi connectivity index (χ4v) is 4.12. The Balaban J connectivity index is 1.67. The van der Waals surface area contributed by atoms with Crippen molar-refractivity contribution < 1.29 is 32.2 Å². The number of piperidine rings is 1. The summed E-state index contributed by atoms with van der Waals surface area (Å²) in [6.45, 7) is 3.76. The zero-order valence-electron chi connectivity index (χ0n) is 16.3. The number of rotatable bonds is 4. The topological polar surface area (TPSA) is 59.1 Å². The summed E-state index contributed by atoms with van der Waals surface area (Å²) in [5.74, 6) is -0.638. The summed E-state index contributed by atoms with van der Waals surface area (Å²) in [5, 5.41) is 0. The summed E-state index contributed by atoms with van der Waals surface area (Å²) in [6, 6.07) is 4.96. The maximum atomic E-state index is 12.8. The standard InChI is InChI=1S/C20H25F3N2O4/c1-14(26)25(16-8-11-28-12-9-16)17-3-2-10-24(13-17)19(27)15-4-6-18(7-5-15)29-20(21,22)23/h4-7,16-17H,2-3,8-13H2,1H3. The molecule has 0 spiro atoms. The van der Waals surface area contributed by atoms with Gasteiger partial charge in [0.15, 0.2) is 0 Å². The van der Waals surface area contributed by atoms with Crippen LogP contribution in [-0.4, -0.2) is 66.4 Å². The molecule has 2 amide bonds. The zero-order chi connectivity index (χ0) is 21.0. The third-order valence-corrected chi connectivity index (χ3v) is 5.36. The summed E-state index contributed by atoms with van der Waals surface area (Å²) >= 11 is 0. The van der Waals surface area contributed by atoms with Gasteiger partial charge in [0.25, 0.3) is 5.91 Å². The molecule has 0 N–H and O–H groups in total. The molecule has 2 heterocycles. The van der Waals surface area contributed by atoms with Gasteiger partial charge in [-0.15, -0.1) is 13.2 Å². The van der Waals surface area contributed by atoms with Gasteiger partial charge in [0.1, 0.15) is 5.75 Å². The zero-order valence-corrected chi connectivity index (χ0v) is 16.3. The Morgan fingerprint density at radius 3 is 2.34 bits per heavy atom. The van der Waals surface area contributed by atoms with E-state index < -0.39 is 6.36 Å². The molecule has 2 aliphatic rings. The molecule has 1 unspecified atom stereocenters. The molecule has 0 aromatic heterocycles. The highest BCUT2D eigenvalue weighted by Crippen LogP contribution is 2.26. The second-order valence-corrected chi connectivity index (χ2v) is 7.39. The fraction of sp³-hybridized carbons (Fsp3) is 0.600. The fourth-order valence-electron chi connectivity index (χ4n) is 4.12. The van der Waals surface area contributed by atoms with E-state index in [0.717, 1.165) is 37.8 Å². The Morgan fingerprint density at radius 1 is 1.10 bits per heavy atom. The van der Waals surface area contributed by atoms with E-state index >= 15 is 0 Å². The van der Waals surface area contributed by atoms with Crippen LogP contribution in [0, 0.1) is 0 Å². The molecular formula is C20H25F3N2O4. The Kier molecular flexibility index (Phi) is 6.66. The molecule has 1 aromatic rings. The number of alkyl halides is 3. The molecule has 9 heteroatoms. The molecular weight excluding hydrogens is 389 g/mol. The molecule has 6 nitrogen and oxygen atoms in total. The van der Waals surface area contributed by atoms with Crippen LogP contribution in [0.5, 0.6) is 5.75 Å². The van der Waals surface area contributed by atoms with Gasteiger partial charge >= 0.3 is 6.36 Å². The Hall–Kier alpha value is -2.29. The highest BCUT2D eigenvalue weighted by molar-refractivity contribution is 5.94. The molecule has 0 radical (unpaired) electrons. The average molecular weight is 414 g/mol. The number of amides is 2. The van der Waals surface area contributed by atoms with Crippen LogP contribution in [0.2, 0.25) is 0 Å². The number of benzene rings is 1. The Labute approximate surface area is 167 Å². The first-order valence-electron chi connectivity index (χ1n) is 9.76. The summed E-state index contributed by atoms with van der Waals surface area (Å²) < 4.78 is 46.1. The predicted octanol–water partition coefficient (Wildman–Crippen LogP) is 3.22. The molecule has 1 atom stereocenters. The Bertz CT molecular complexity index is 717. The molecule has 3 rings (SSSR count). The van der Waals surface area contributed by atoms with Crippen molar-refractivity contribution in [1.82, 2.24) is 9.80 Å². The van der Waals surface area contributed by atoms with Gasteiger partial charge < -0.3 is 19.3 Å². The summed E-state index contributed by atoms with van der Waals surface area (Å²) in [5.41, 5.74) is 0.292. The molecule has 0 aliphatic carbocycles. The van der Waals surface area contributed by atoms with E-state index in [4.69, 9.17) is 4.74 Å². The van der Waals surface area contributed by atoms with E-state index in [9.17, 15) is 22.8 Å². The lowest BCUT2D eigenvalue weighted by Gasteiger charge is -2.44. The maximum absolute atomic E-state index is 12.8. The van der Waals surface area contributed by atoms with Crippen LogP contribution in [-0.2, 0) is 9.53 Å². The minimum Gasteiger partial charge on any atom is -0.406 e. The smallest absolute Gasteiger partial charge is 0.406 e. The first-order valence-corrected chi connectivity index (χ1v) is 9.76. The lowest BCUT2D eigenvalue weighted by Crippen LogP contribution is -2.55. The van der Waals surface area contributed by atoms with Crippen molar-refractivity contribution >= 4 is 11.8 Å². The normalized spacial score (nSPS) is 21.0. The molecule has 2 saturated heterocycles. The number of halogens is 3. The van der Waals surface area contributed by atoms with Gasteiger partial charge in [0.2, 0.25) is 5.91 Å². The van der Waals surface area contributed by atoms with Gasteiger partial charge in [0, 0.05) is 50.9 Å². The predicted molar refractivity (Wildman–Crippen MR) is 98.4 cm³/mol. The van der Waals surface area contributed by atoms with Crippen LogP contribution < -0.4 is 4.74 Å². The molecule has 0 saturated carbocycles. The number of carbonyl (C=O) groups is 2. The van der Waals surface area contributed by atoms with Gasteiger partial charge in [-0.3, -0.25) is 9.59 Å². The third kappa shape index (κ3) is 5.62. The van der Waals surface area contributed by atoms with Crippen molar-refractivity contribution in [3.63, 3.8) is 0 Å². The van der Waals surface area contributed by atoms with E-state index in [1.807, 2.05) is 4.90 Å². The molecule has 0 bridgehead atoms. The highest BCUT2D eigenvalue weighted by Gasteiger charge is 2.35. The van der Waals surface area contributed by atoms with E-state index in [0.29, 0.717) is 31.9 Å². The van der Waals surface area contributed by atoms with Crippen LogP contribution in [0.15, 0.2) is 24.3 Å². The number of nitrogens with zero attached hydrogens (tertiary/aromatic N) is 2. The van der Waals surface area contributed by atoms with Gasteiger partial charge in [-0.05, 0) is 49.9 Å². The SMILES string of the molecule is CC(=O)N(C1CCOCC1)C1CCCN(C(=O)c2ccc(OC(F)(F)F)cc2)C1. The van der Waals surface area contributed by atoms with Crippen molar-refractivity contribution in [2.75, 3.05) is 26.3 Å². The van der Waals surface area contributed by atoms with Crippen molar-refractivity contribution in [3.8, 4) is 5.75 Å². The molecule has 2 fully saturated rings. The van der Waals surface area contributed by atoms with Gasteiger partial charge in [0.05, 0.1) is 0 Å². The molecule has 29 heavy (non-hydrogen) atoms. The largest absolute Gasteiger partial charge is 0.573 e. The first-order chi connectivity index (χ1) is 13.7.